The molecule has 0 radical (unpaired) electrons. The van der Waals surface area contributed by atoms with Crippen LogP contribution in [0.2, 0.25) is 0 Å². The van der Waals surface area contributed by atoms with Crippen LogP contribution in [0, 0.1) is 0 Å². The highest BCUT2D eigenvalue weighted by Crippen LogP contribution is 2.45. The molecule has 0 saturated carbocycles. The van der Waals surface area contributed by atoms with E-state index in [-0.39, 0.29) is 11.2 Å². The molecule has 4 aromatic rings. The molecule has 0 spiro atoms. The predicted octanol–water partition coefficient (Wildman–Crippen LogP) is 3.82. The molecule has 0 unspecified atom stereocenters. The first-order valence-electron chi connectivity index (χ1n) is 9.64. The van der Waals surface area contributed by atoms with E-state index in [1.165, 1.54) is 15.9 Å². The molecule has 3 aromatic heterocycles. The standard InChI is InChI=1S/C22H23N3O3S/c1-21(2)11-14-16-18(29-17(14)22(3,4)28-21)23-20(27)25(19(16)26)13-6-7-15-12(10-13)8-9-24(15)5/h6-10H,11H2,1-5H3,(H,23,27). The van der Waals surface area contributed by atoms with Gasteiger partial charge in [0, 0.05) is 35.4 Å². The van der Waals surface area contributed by atoms with Gasteiger partial charge in [0.15, 0.2) is 0 Å². The van der Waals surface area contributed by atoms with E-state index in [1.807, 2.05) is 69.8 Å². The summed E-state index contributed by atoms with van der Waals surface area (Å²) < 4.78 is 9.52. The topological polar surface area (TPSA) is 69.0 Å². The maximum absolute atomic E-state index is 13.5. The Kier molecular flexibility index (Phi) is 3.62. The maximum atomic E-state index is 13.5. The van der Waals surface area contributed by atoms with E-state index in [0.29, 0.717) is 22.3 Å². The predicted molar refractivity (Wildman–Crippen MR) is 116 cm³/mol. The molecule has 29 heavy (non-hydrogen) atoms. The van der Waals surface area contributed by atoms with Crippen molar-refractivity contribution in [2.24, 2.45) is 7.05 Å². The van der Waals surface area contributed by atoms with Gasteiger partial charge in [0.1, 0.15) is 4.83 Å². The van der Waals surface area contributed by atoms with Crippen molar-refractivity contribution in [1.82, 2.24) is 14.1 Å². The normalized spacial score (nSPS) is 17.7. The number of thiophene rings is 1. The summed E-state index contributed by atoms with van der Waals surface area (Å²) in [6.07, 6.45) is 2.59. The summed E-state index contributed by atoms with van der Waals surface area (Å²) in [7, 11) is 1.97. The molecular weight excluding hydrogens is 386 g/mol. The number of aryl methyl sites for hydroxylation is 1. The Morgan fingerprint density at radius 3 is 2.66 bits per heavy atom. The van der Waals surface area contributed by atoms with Gasteiger partial charge in [0.05, 0.1) is 22.3 Å². The number of rotatable bonds is 1. The van der Waals surface area contributed by atoms with Crippen LogP contribution in [0.25, 0.3) is 26.8 Å². The average molecular weight is 410 g/mol. The second-order valence-electron chi connectivity index (χ2n) is 8.90. The van der Waals surface area contributed by atoms with Crippen LogP contribution in [0.3, 0.4) is 0 Å². The molecular formula is C22H23N3O3S. The molecule has 1 aliphatic rings. The van der Waals surface area contributed by atoms with Crippen molar-refractivity contribution in [2.75, 3.05) is 0 Å². The molecule has 1 aromatic carbocycles. The second kappa shape index (κ2) is 5.70. The summed E-state index contributed by atoms with van der Waals surface area (Å²) >= 11 is 1.45. The minimum Gasteiger partial charge on any atom is -0.364 e. The minimum atomic E-state index is -0.516. The molecule has 150 valence electrons. The Labute approximate surface area is 171 Å². The van der Waals surface area contributed by atoms with Gasteiger partial charge in [-0.1, -0.05) is 0 Å². The second-order valence-corrected chi connectivity index (χ2v) is 9.92. The highest BCUT2D eigenvalue weighted by atomic mass is 32.1. The van der Waals surface area contributed by atoms with Crippen LogP contribution in [0.1, 0.15) is 38.1 Å². The maximum Gasteiger partial charge on any atom is 0.334 e. The van der Waals surface area contributed by atoms with Crippen LogP contribution in [0.15, 0.2) is 40.1 Å². The number of nitrogens with one attached hydrogen (secondary N) is 1. The molecule has 0 amide bonds. The number of aromatic nitrogens is 3. The average Bonchev–Trinajstić information content (AvgIpc) is 3.14. The van der Waals surface area contributed by atoms with Crippen LogP contribution in [-0.2, 0) is 23.8 Å². The molecule has 5 rings (SSSR count). The first-order valence-corrected chi connectivity index (χ1v) is 10.5. The van der Waals surface area contributed by atoms with Gasteiger partial charge in [-0.15, -0.1) is 11.3 Å². The summed E-state index contributed by atoms with van der Waals surface area (Å²) in [5.41, 5.74) is 1.01. The first-order chi connectivity index (χ1) is 13.6. The monoisotopic (exact) mass is 409 g/mol. The number of nitrogens with zero attached hydrogens (tertiary/aromatic N) is 2. The zero-order valence-electron chi connectivity index (χ0n) is 17.1. The van der Waals surface area contributed by atoms with Crippen molar-refractivity contribution in [3.63, 3.8) is 0 Å². The third-order valence-corrected chi connectivity index (χ3v) is 7.11. The molecule has 0 atom stereocenters. The van der Waals surface area contributed by atoms with Gasteiger partial charge in [0.2, 0.25) is 0 Å². The molecule has 4 heterocycles. The SMILES string of the molecule is Cn1ccc2cc(-n3c(=O)[nH]c4sc5c(c4c3=O)CC(C)(C)OC5(C)C)ccc21. The van der Waals surface area contributed by atoms with Crippen molar-refractivity contribution in [2.45, 2.75) is 45.3 Å². The molecule has 7 heteroatoms. The number of hydrogen-bond acceptors (Lipinski definition) is 4. The van der Waals surface area contributed by atoms with E-state index in [1.54, 1.807) is 0 Å². The van der Waals surface area contributed by atoms with Gasteiger partial charge < -0.3 is 9.30 Å². The minimum absolute atomic E-state index is 0.273. The Bertz CT molecular complexity index is 1420. The van der Waals surface area contributed by atoms with Gasteiger partial charge >= 0.3 is 5.69 Å². The highest BCUT2D eigenvalue weighted by Gasteiger charge is 2.41. The van der Waals surface area contributed by atoms with E-state index >= 15 is 0 Å². The molecule has 0 aliphatic carbocycles. The Morgan fingerprint density at radius 1 is 1.14 bits per heavy atom. The first kappa shape index (κ1) is 18.4. The molecule has 0 fully saturated rings. The fraction of sp³-hybridized carbons (Fsp3) is 0.364. The quantitative estimate of drug-likeness (QED) is 0.520. The van der Waals surface area contributed by atoms with Crippen molar-refractivity contribution in [3.05, 3.63) is 61.7 Å². The van der Waals surface area contributed by atoms with Gasteiger partial charge in [-0.05, 0) is 57.5 Å². The molecule has 1 aliphatic heterocycles. The Balaban J connectivity index is 1.82. The lowest BCUT2D eigenvalue weighted by Crippen LogP contribution is -2.42. The van der Waals surface area contributed by atoms with E-state index in [2.05, 4.69) is 4.98 Å². The number of H-pyrrole nitrogens is 1. The van der Waals surface area contributed by atoms with Crippen LogP contribution in [0.4, 0.5) is 0 Å². The number of hydrogen-bond donors (Lipinski definition) is 1. The van der Waals surface area contributed by atoms with Crippen LogP contribution in [0.5, 0.6) is 0 Å². The van der Waals surface area contributed by atoms with Crippen LogP contribution in [-0.4, -0.2) is 19.7 Å². The van der Waals surface area contributed by atoms with Gasteiger partial charge in [-0.3, -0.25) is 9.78 Å². The van der Waals surface area contributed by atoms with Crippen molar-refractivity contribution in [3.8, 4) is 5.69 Å². The molecule has 6 nitrogen and oxygen atoms in total. The van der Waals surface area contributed by atoms with E-state index in [9.17, 15) is 9.59 Å². The fourth-order valence-electron chi connectivity index (χ4n) is 4.63. The zero-order chi connectivity index (χ0) is 20.7. The van der Waals surface area contributed by atoms with Crippen LogP contribution >= 0.6 is 11.3 Å². The highest BCUT2D eigenvalue weighted by molar-refractivity contribution is 7.19. The summed E-state index contributed by atoms with van der Waals surface area (Å²) in [5.74, 6) is 0. The van der Waals surface area contributed by atoms with Gasteiger partial charge in [-0.2, -0.15) is 0 Å². The van der Waals surface area contributed by atoms with Gasteiger partial charge in [-0.25, -0.2) is 9.36 Å². The molecule has 0 bridgehead atoms. The largest absolute Gasteiger partial charge is 0.364 e. The van der Waals surface area contributed by atoms with Crippen molar-refractivity contribution in [1.29, 1.82) is 0 Å². The van der Waals surface area contributed by atoms with Crippen molar-refractivity contribution >= 4 is 32.5 Å². The van der Waals surface area contributed by atoms with E-state index in [0.717, 1.165) is 21.3 Å². The Hall–Kier alpha value is -2.64. The molecule has 1 N–H and O–H groups in total. The lowest BCUT2D eigenvalue weighted by atomic mass is 9.87. The number of fused-ring (bicyclic) bond motifs is 4. The number of benzene rings is 1. The number of ether oxygens (including phenoxy) is 1. The van der Waals surface area contributed by atoms with E-state index < -0.39 is 11.3 Å². The lowest BCUT2D eigenvalue weighted by Gasteiger charge is -2.41. The summed E-state index contributed by atoms with van der Waals surface area (Å²) in [4.78, 5) is 31.0. The number of aromatic amines is 1. The summed E-state index contributed by atoms with van der Waals surface area (Å²) in [5, 5.41) is 1.58. The lowest BCUT2D eigenvalue weighted by molar-refractivity contribution is -0.135. The van der Waals surface area contributed by atoms with Crippen LogP contribution < -0.4 is 11.2 Å². The van der Waals surface area contributed by atoms with Gasteiger partial charge in [0.25, 0.3) is 5.56 Å². The fourth-order valence-corrected chi connectivity index (χ4v) is 5.87. The summed E-state index contributed by atoms with van der Waals surface area (Å²) in [6, 6.07) is 7.61. The summed E-state index contributed by atoms with van der Waals surface area (Å²) in [6.45, 7) is 8.10. The molecule has 0 saturated heterocycles. The Morgan fingerprint density at radius 2 is 1.90 bits per heavy atom. The zero-order valence-corrected chi connectivity index (χ0v) is 17.9. The van der Waals surface area contributed by atoms with E-state index in [4.69, 9.17) is 4.74 Å². The third kappa shape index (κ3) is 2.64. The smallest absolute Gasteiger partial charge is 0.334 e. The third-order valence-electron chi connectivity index (χ3n) is 5.66. The van der Waals surface area contributed by atoms with Crippen molar-refractivity contribution < 1.29 is 4.74 Å².